The summed E-state index contributed by atoms with van der Waals surface area (Å²) in [6.07, 6.45) is -0.491. The maximum Gasteiger partial charge on any atom is 0.323 e. The van der Waals surface area contributed by atoms with Crippen LogP contribution >= 0.6 is 0 Å². The molecule has 18 heavy (non-hydrogen) atoms. The molecule has 0 saturated heterocycles. The first-order chi connectivity index (χ1) is 8.40. The molecule has 7 nitrogen and oxygen atoms in total. The third kappa shape index (κ3) is 7.21. The van der Waals surface area contributed by atoms with Crippen molar-refractivity contribution >= 4 is 11.9 Å². The standard InChI is InChI=1S/C11H23N3O4/c1-7(5-12)17-10(15)4-3-9(14)11(16)18-8(2)6-13/h7-9H,3-6,12-14H2,1-2H3/t7?,8?,9-/m0/s1. The zero-order chi connectivity index (χ0) is 14.1. The van der Waals surface area contributed by atoms with Gasteiger partial charge in [0.1, 0.15) is 18.2 Å². The number of carbonyl (C=O) groups is 2. The van der Waals surface area contributed by atoms with Gasteiger partial charge in [-0.25, -0.2) is 0 Å². The van der Waals surface area contributed by atoms with E-state index in [2.05, 4.69) is 0 Å². The molecular formula is C11H23N3O4. The highest BCUT2D eigenvalue weighted by Gasteiger charge is 2.19. The summed E-state index contributed by atoms with van der Waals surface area (Å²) in [5, 5.41) is 0. The van der Waals surface area contributed by atoms with E-state index in [1.165, 1.54) is 0 Å². The van der Waals surface area contributed by atoms with Crippen molar-refractivity contribution in [1.82, 2.24) is 0 Å². The molecule has 3 atom stereocenters. The minimum atomic E-state index is -0.847. The number of ether oxygens (including phenoxy) is 2. The average molecular weight is 261 g/mol. The highest BCUT2D eigenvalue weighted by Crippen LogP contribution is 2.02. The van der Waals surface area contributed by atoms with Crippen molar-refractivity contribution in [2.45, 2.75) is 44.9 Å². The molecule has 0 rings (SSSR count). The predicted molar refractivity (Wildman–Crippen MR) is 66.4 cm³/mol. The monoisotopic (exact) mass is 261 g/mol. The van der Waals surface area contributed by atoms with Crippen molar-refractivity contribution in [2.75, 3.05) is 13.1 Å². The van der Waals surface area contributed by atoms with Gasteiger partial charge in [0.2, 0.25) is 0 Å². The first-order valence-electron chi connectivity index (χ1n) is 5.96. The van der Waals surface area contributed by atoms with Gasteiger partial charge in [-0.1, -0.05) is 0 Å². The lowest BCUT2D eigenvalue weighted by Crippen LogP contribution is -2.37. The molecular weight excluding hydrogens is 238 g/mol. The number of hydrogen-bond acceptors (Lipinski definition) is 7. The van der Waals surface area contributed by atoms with E-state index in [0.29, 0.717) is 0 Å². The molecule has 7 heteroatoms. The Kier molecular flexibility index (Phi) is 8.27. The minimum absolute atomic E-state index is 0.0532. The Morgan fingerprint density at radius 2 is 1.56 bits per heavy atom. The number of carbonyl (C=O) groups excluding carboxylic acids is 2. The van der Waals surface area contributed by atoms with Gasteiger partial charge in [0, 0.05) is 19.5 Å². The summed E-state index contributed by atoms with van der Waals surface area (Å²) in [6, 6.07) is -0.847. The third-order valence-electron chi connectivity index (χ3n) is 2.28. The number of nitrogens with two attached hydrogens (primary N) is 3. The quantitative estimate of drug-likeness (QED) is 0.471. The lowest BCUT2D eigenvalue weighted by molar-refractivity contribution is -0.150. The molecule has 106 valence electrons. The van der Waals surface area contributed by atoms with Crippen LogP contribution in [0.1, 0.15) is 26.7 Å². The lowest BCUT2D eigenvalue weighted by Gasteiger charge is -2.15. The summed E-state index contributed by atoms with van der Waals surface area (Å²) in [7, 11) is 0. The molecule has 0 heterocycles. The number of rotatable bonds is 8. The Labute approximate surface area is 107 Å². The van der Waals surface area contributed by atoms with E-state index >= 15 is 0 Å². The van der Waals surface area contributed by atoms with Crippen molar-refractivity contribution in [3.63, 3.8) is 0 Å². The van der Waals surface area contributed by atoms with Gasteiger partial charge in [0.05, 0.1) is 0 Å². The van der Waals surface area contributed by atoms with Crippen LogP contribution < -0.4 is 17.2 Å². The largest absolute Gasteiger partial charge is 0.461 e. The first kappa shape index (κ1) is 16.8. The Morgan fingerprint density at radius 3 is 2.06 bits per heavy atom. The maximum atomic E-state index is 11.4. The fraction of sp³-hybridized carbons (Fsp3) is 0.818. The van der Waals surface area contributed by atoms with Crippen LogP contribution in [0.2, 0.25) is 0 Å². The van der Waals surface area contributed by atoms with E-state index in [-0.39, 0.29) is 38.1 Å². The average Bonchev–Trinajstić information content (AvgIpc) is 2.35. The Hall–Kier alpha value is -1.18. The molecule has 0 saturated carbocycles. The maximum absolute atomic E-state index is 11.4. The first-order valence-corrected chi connectivity index (χ1v) is 5.96. The Morgan fingerprint density at radius 1 is 1.06 bits per heavy atom. The van der Waals surface area contributed by atoms with Crippen LogP contribution in [-0.2, 0) is 19.1 Å². The van der Waals surface area contributed by atoms with Gasteiger partial charge in [-0.15, -0.1) is 0 Å². The van der Waals surface area contributed by atoms with Crippen molar-refractivity contribution in [3.8, 4) is 0 Å². The molecule has 0 radical (unpaired) electrons. The van der Waals surface area contributed by atoms with E-state index < -0.39 is 18.0 Å². The summed E-state index contributed by atoms with van der Waals surface area (Å²) in [5.74, 6) is -0.990. The number of hydrogen-bond donors (Lipinski definition) is 3. The molecule has 0 spiro atoms. The fourth-order valence-electron chi connectivity index (χ4n) is 1.06. The Bertz CT molecular complexity index is 273. The van der Waals surface area contributed by atoms with Crippen LogP contribution in [0.5, 0.6) is 0 Å². The van der Waals surface area contributed by atoms with Gasteiger partial charge < -0.3 is 26.7 Å². The molecule has 0 aromatic carbocycles. The summed E-state index contributed by atoms with van der Waals surface area (Å²) in [6.45, 7) is 3.85. The van der Waals surface area contributed by atoms with Gasteiger partial charge >= 0.3 is 11.9 Å². The van der Waals surface area contributed by atoms with Gasteiger partial charge in [0.15, 0.2) is 0 Å². The molecule has 0 aliphatic carbocycles. The van der Waals surface area contributed by atoms with Crippen LogP contribution in [0.3, 0.4) is 0 Å². The van der Waals surface area contributed by atoms with Crippen molar-refractivity contribution < 1.29 is 19.1 Å². The summed E-state index contributed by atoms with van der Waals surface area (Å²) < 4.78 is 9.88. The second-order valence-corrected chi connectivity index (χ2v) is 4.16. The highest BCUT2D eigenvalue weighted by atomic mass is 16.5. The summed E-state index contributed by atoms with van der Waals surface area (Å²) >= 11 is 0. The fourth-order valence-corrected chi connectivity index (χ4v) is 1.06. The van der Waals surface area contributed by atoms with Crippen molar-refractivity contribution in [2.24, 2.45) is 17.2 Å². The summed E-state index contributed by atoms with van der Waals surface area (Å²) in [5.41, 5.74) is 16.2. The molecule has 0 aliphatic rings. The molecule has 0 aliphatic heterocycles. The predicted octanol–water partition coefficient (Wildman–Crippen LogP) is -1.13. The molecule has 2 unspecified atom stereocenters. The molecule has 6 N–H and O–H groups in total. The van der Waals surface area contributed by atoms with Gasteiger partial charge in [-0.3, -0.25) is 9.59 Å². The van der Waals surface area contributed by atoms with Crippen molar-refractivity contribution in [1.29, 1.82) is 0 Å². The zero-order valence-electron chi connectivity index (χ0n) is 10.9. The molecule has 0 fully saturated rings. The van der Waals surface area contributed by atoms with Crippen LogP contribution in [0.25, 0.3) is 0 Å². The van der Waals surface area contributed by atoms with E-state index in [4.69, 9.17) is 26.7 Å². The third-order valence-corrected chi connectivity index (χ3v) is 2.28. The molecule has 0 amide bonds. The highest BCUT2D eigenvalue weighted by molar-refractivity contribution is 5.77. The second-order valence-electron chi connectivity index (χ2n) is 4.16. The molecule has 0 bridgehead atoms. The smallest absolute Gasteiger partial charge is 0.323 e. The normalized spacial score (nSPS) is 15.6. The van der Waals surface area contributed by atoms with E-state index in [1.807, 2.05) is 0 Å². The van der Waals surface area contributed by atoms with Crippen LogP contribution in [0.15, 0.2) is 0 Å². The van der Waals surface area contributed by atoms with Gasteiger partial charge in [-0.05, 0) is 20.3 Å². The van der Waals surface area contributed by atoms with Crippen LogP contribution in [0, 0.1) is 0 Å². The minimum Gasteiger partial charge on any atom is -0.461 e. The molecule has 0 aromatic heterocycles. The molecule has 0 aromatic rings. The van der Waals surface area contributed by atoms with Crippen molar-refractivity contribution in [3.05, 3.63) is 0 Å². The zero-order valence-corrected chi connectivity index (χ0v) is 10.9. The topological polar surface area (TPSA) is 131 Å². The SMILES string of the molecule is CC(CN)OC(=O)CC[C@H](N)C(=O)OC(C)CN. The van der Waals surface area contributed by atoms with Crippen LogP contribution in [-0.4, -0.2) is 43.3 Å². The van der Waals surface area contributed by atoms with Crippen LogP contribution in [0.4, 0.5) is 0 Å². The lowest BCUT2D eigenvalue weighted by atomic mass is 10.1. The van der Waals surface area contributed by atoms with Gasteiger partial charge in [-0.2, -0.15) is 0 Å². The Balaban J connectivity index is 3.91. The number of esters is 2. The van der Waals surface area contributed by atoms with E-state index in [0.717, 1.165) is 0 Å². The second kappa shape index (κ2) is 8.84. The van der Waals surface area contributed by atoms with E-state index in [9.17, 15) is 9.59 Å². The van der Waals surface area contributed by atoms with Gasteiger partial charge in [0.25, 0.3) is 0 Å². The van der Waals surface area contributed by atoms with E-state index in [1.54, 1.807) is 13.8 Å². The summed E-state index contributed by atoms with van der Waals surface area (Å²) in [4.78, 5) is 22.7.